The van der Waals surface area contributed by atoms with E-state index < -0.39 is 36.1 Å². The van der Waals surface area contributed by atoms with Gasteiger partial charge < -0.3 is 11.5 Å². The fourth-order valence-electron chi connectivity index (χ4n) is 1.63. The Bertz CT molecular complexity index is 337. The third kappa shape index (κ3) is 2.56. The van der Waals surface area contributed by atoms with Crippen LogP contribution in [-0.2, 0) is 19.2 Å². The number of piperidine rings is 1. The van der Waals surface area contributed by atoms with Crippen molar-refractivity contribution in [3.63, 3.8) is 0 Å². The number of nitrogens with zero attached hydrogens (tertiary/aromatic N) is 1. The summed E-state index contributed by atoms with van der Waals surface area (Å²) in [6.07, 6.45) is 0.381. The number of amides is 4. The Morgan fingerprint density at radius 1 is 1.19 bits per heavy atom. The zero-order valence-corrected chi connectivity index (χ0v) is 8.64. The third-order valence-electron chi connectivity index (χ3n) is 2.35. The zero-order chi connectivity index (χ0) is 12.3. The second kappa shape index (κ2) is 4.73. The SMILES string of the molecule is NC(=O)CC(C(N)=O)N1C(=O)CCCC1=O. The van der Waals surface area contributed by atoms with Crippen molar-refractivity contribution < 1.29 is 19.2 Å². The molecule has 1 atom stereocenters. The molecule has 16 heavy (non-hydrogen) atoms. The van der Waals surface area contributed by atoms with Crippen molar-refractivity contribution in [3.05, 3.63) is 0 Å². The maximum Gasteiger partial charge on any atom is 0.241 e. The van der Waals surface area contributed by atoms with Crippen LogP contribution in [0.4, 0.5) is 0 Å². The monoisotopic (exact) mass is 227 g/mol. The Morgan fingerprint density at radius 2 is 1.69 bits per heavy atom. The zero-order valence-electron chi connectivity index (χ0n) is 8.64. The lowest BCUT2D eigenvalue weighted by atomic mass is 10.0. The van der Waals surface area contributed by atoms with Crippen molar-refractivity contribution in [2.45, 2.75) is 31.7 Å². The number of imide groups is 1. The van der Waals surface area contributed by atoms with E-state index in [-0.39, 0.29) is 12.8 Å². The van der Waals surface area contributed by atoms with E-state index in [1.54, 1.807) is 0 Å². The molecule has 0 saturated carbocycles. The fourth-order valence-corrected chi connectivity index (χ4v) is 1.63. The molecule has 7 heteroatoms. The standard InChI is InChI=1S/C9H13N3O4/c10-6(13)4-5(9(11)16)12-7(14)2-1-3-8(12)15/h5H,1-4H2,(H2,10,13)(H2,11,16). The number of nitrogens with two attached hydrogens (primary N) is 2. The van der Waals surface area contributed by atoms with Crippen LogP contribution < -0.4 is 11.5 Å². The lowest BCUT2D eigenvalue weighted by molar-refractivity contribution is -0.154. The molecule has 4 amide bonds. The number of hydrogen-bond donors (Lipinski definition) is 2. The van der Waals surface area contributed by atoms with Gasteiger partial charge in [-0.25, -0.2) is 0 Å². The van der Waals surface area contributed by atoms with Gasteiger partial charge >= 0.3 is 0 Å². The summed E-state index contributed by atoms with van der Waals surface area (Å²) in [5.41, 5.74) is 9.98. The molecule has 0 aromatic heterocycles. The van der Waals surface area contributed by atoms with Gasteiger partial charge in [-0.15, -0.1) is 0 Å². The van der Waals surface area contributed by atoms with E-state index in [2.05, 4.69) is 0 Å². The Kier molecular flexibility index (Phi) is 3.60. The molecule has 88 valence electrons. The van der Waals surface area contributed by atoms with Crippen LogP contribution >= 0.6 is 0 Å². The van der Waals surface area contributed by atoms with E-state index in [4.69, 9.17) is 11.5 Å². The van der Waals surface area contributed by atoms with E-state index in [0.717, 1.165) is 4.90 Å². The molecule has 4 N–H and O–H groups in total. The third-order valence-corrected chi connectivity index (χ3v) is 2.35. The highest BCUT2D eigenvalue weighted by atomic mass is 16.2. The number of hydrogen-bond acceptors (Lipinski definition) is 4. The second-order valence-corrected chi connectivity index (χ2v) is 3.60. The van der Waals surface area contributed by atoms with Crippen LogP contribution in [0.1, 0.15) is 25.7 Å². The lowest BCUT2D eigenvalue weighted by Crippen LogP contribution is -2.53. The highest BCUT2D eigenvalue weighted by molar-refractivity contribution is 6.03. The molecule has 0 aliphatic carbocycles. The van der Waals surface area contributed by atoms with Crippen LogP contribution in [0, 0.1) is 0 Å². The molecule has 0 bridgehead atoms. The van der Waals surface area contributed by atoms with Crippen molar-refractivity contribution >= 4 is 23.6 Å². The number of rotatable bonds is 4. The molecule has 1 fully saturated rings. The topological polar surface area (TPSA) is 124 Å². The van der Waals surface area contributed by atoms with Gasteiger partial charge in [-0.1, -0.05) is 0 Å². The second-order valence-electron chi connectivity index (χ2n) is 3.60. The lowest BCUT2D eigenvalue weighted by Gasteiger charge is -2.30. The Balaban J connectivity index is 2.90. The van der Waals surface area contributed by atoms with Gasteiger partial charge in [0.25, 0.3) is 0 Å². The normalized spacial score (nSPS) is 18.4. The molecule has 7 nitrogen and oxygen atoms in total. The van der Waals surface area contributed by atoms with E-state index in [1.807, 2.05) is 0 Å². The quantitative estimate of drug-likeness (QED) is 0.553. The summed E-state index contributed by atoms with van der Waals surface area (Å²) < 4.78 is 0. The van der Waals surface area contributed by atoms with Crippen LogP contribution in [0.5, 0.6) is 0 Å². The molecule has 0 aromatic rings. The van der Waals surface area contributed by atoms with E-state index >= 15 is 0 Å². The van der Waals surface area contributed by atoms with Gasteiger partial charge in [0.15, 0.2) is 0 Å². The summed E-state index contributed by atoms with van der Waals surface area (Å²) in [5.74, 6) is -2.65. The first kappa shape index (κ1) is 12.2. The first-order valence-corrected chi connectivity index (χ1v) is 4.86. The molecular weight excluding hydrogens is 214 g/mol. The van der Waals surface area contributed by atoms with Gasteiger partial charge in [-0.05, 0) is 6.42 Å². The van der Waals surface area contributed by atoms with Crippen LogP contribution in [-0.4, -0.2) is 34.6 Å². The molecule has 1 aliphatic rings. The number of carbonyl (C=O) groups is 4. The average molecular weight is 227 g/mol. The molecule has 1 aliphatic heterocycles. The van der Waals surface area contributed by atoms with Crippen LogP contribution in [0.25, 0.3) is 0 Å². The Morgan fingerprint density at radius 3 is 2.06 bits per heavy atom. The molecule has 1 unspecified atom stereocenters. The van der Waals surface area contributed by atoms with Crippen molar-refractivity contribution in [1.82, 2.24) is 4.90 Å². The van der Waals surface area contributed by atoms with Crippen molar-refractivity contribution in [2.75, 3.05) is 0 Å². The van der Waals surface area contributed by atoms with Crippen LogP contribution in [0.3, 0.4) is 0 Å². The van der Waals surface area contributed by atoms with Gasteiger partial charge in [0, 0.05) is 12.8 Å². The van der Waals surface area contributed by atoms with E-state index in [0.29, 0.717) is 6.42 Å². The fraction of sp³-hybridized carbons (Fsp3) is 0.556. The first-order valence-electron chi connectivity index (χ1n) is 4.86. The van der Waals surface area contributed by atoms with Gasteiger partial charge in [-0.3, -0.25) is 24.1 Å². The van der Waals surface area contributed by atoms with E-state index in [1.165, 1.54) is 0 Å². The maximum atomic E-state index is 11.5. The largest absolute Gasteiger partial charge is 0.370 e. The van der Waals surface area contributed by atoms with Gasteiger partial charge in [0.2, 0.25) is 23.6 Å². The molecular formula is C9H13N3O4. The summed E-state index contributed by atoms with van der Waals surface area (Å²) in [6, 6.07) is -1.25. The summed E-state index contributed by atoms with van der Waals surface area (Å²) in [6.45, 7) is 0. The molecule has 1 heterocycles. The van der Waals surface area contributed by atoms with Crippen molar-refractivity contribution in [1.29, 1.82) is 0 Å². The van der Waals surface area contributed by atoms with Crippen LogP contribution in [0.2, 0.25) is 0 Å². The summed E-state index contributed by atoms with van der Waals surface area (Å²) in [4.78, 5) is 45.5. The van der Waals surface area contributed by atoms with Crippen molar-refractivity contribution in [3.8, 4) is 0 Å². The number of likely N-dealkylation sites (tertiary alicyclic amines) is 1. The van der Waals surface area contributed by atoms with Gasteiger partial charge in [-0.2, -0.15) is 0 Å². The number of carbonyl (C=O) groups excluding carboxylic acids is 4. The van der Waals surface area contributed by atoms with Crippen LogP contribution in [0.15, 0.2) is 0 Å². The van der Waals surface area contributed by atoms with Crippen molar-refractivity contribution in [2.24, 2.45) is 11.5 Å². The van der Waals surface area contributed by atoms with Gasteiger partial charge in [0.1, 0.15) is 6.04 Å². The predicted octanol–water partition coefficient (Wildman–Crippen LogP) is -1.75. The predicted molar refractivity (Wildman–Crippen MR) is 52.5 cm³/mol. The summed E-state index contributed by atoms with van der Waals surface area (Å²) in [5, 5.41) is 0. The molecule has 0 radical (unpaired) electrons. The Hall–Kier alpha value is -1.92. The molecule has 1 saturated heterocycles. The molecule has 0 spiro atoms. The number of primary amides is 2. The highest BCUT2D eigenvalue weighted by Crippen LogP contribution is 2.17. The van der Waals surface area contributed by atoms with E-state index in [9.17, 15) is 19.2 Å². The minimum atomic E-state index is -1.25. The molecule has 0 aromatic carbocycles. The summed E-state index contributed by atoms with van der Waals surface area (Å²) >= 11 is 0. The van der Waals surface area contributed by atoms with Gasteiger partial charge in [0.05, 0.1) is 6.42 Å². The minimum absolute atomic E-state index is 0.175. The first-order chi connectivity index (χ1) is 7.43. The smallest absolute Gasteiger partial charge is 0.241 e. The maximum absolute atomic E-state index is 11.5. The average Bonchev–Trinajstić information content (AvgIpc) is 2.15. The minimum Gasteiger partial charge on any atom is -0.370 e. The summed E-state index contributed by atoms with van der Waals surface area (Å²) in [7, 11) is 0. The highest BCUT2D eigenvalue weighted by Gasteiger charge is 2.36. The molecule has 1 rings (SSSR count). The Labute approximate surface area is 91.7 Å².